The van der Waals surface area contributed by atoms with Crippen molar-refractivity contribution in [3.05, 3.63) is 24.3 Å². The van der Waals surface area contributed by atoms with Crippen LogP contribution in [-0.2, 0) is 14.4 Å². The van der Waals surface area contributed by atoms with Gasteiger partial charge in [-0.05, 0) is 43.7 Å². The van der Waals surface area contributed by atoms with E-state index < -0.39 is 5.97 Å². The molecule has 2 saturated heterocycles. The molecular formula is C21H26N2O5. The number of anilines is 1. The Bertz CT molecular complexity index is 800. The van der Waals surface area contributed by atoms with E-state index in [-0.39, 0.29) is 35.5 Å². The zero-order chi connectivity index (χ0) is 19.9. The molecule has 7 heteroatoms. The third-order valence-corrected chi connectivity index (χ3v) is 6.49. The molecule has 3 aliphatic rings. The molecule has 150 valence electrons. The van der Waals surface area contributed by atoms with Gasteiger partial charge in [-0.15, -0.1) is 0 Å². The summed E-state index contributed by atoms with van der Waals surface area (Å²) in [5, 5.41) is 9.21. The number of piperidine rings is 1. The normalized spacial score (nSPS) is 25.8. The Morgan fingerprint density at radius 3 is 2.61 bits per heavy atom. The van der Waals surface area contributed by atoms with Gasteiger partial charge in [0.25, 0.3) is 0 Å². The van der Waals surface area contributed by atoms with Crippen molar-refractivity contribution in [2.45, 2.75) is 32.6 Å². The minimum Gasteiger partial charge on any atom is -0.492 e. The number of likely N-dealkylation sites (tertiary alicyclic amines) is 1. The van der Waals surface area contributed by atoms with Crippen LogP contribution < -0.4 is 9.64 Å². The van der Waals surface area contributed by atoms with Crippen LogP contribution in [0.3, 0.4) is 0 Å². The lowest BCUT2D eigenvalue weighted by Crippen LogP contribution is -2.43. The standard InChI is InChI=1S/C21H26N2O5/c1-2-28-17-6-4-3-5-16(17)23-13-14(11-18(23)24)19(25)22-9-7-21(8-10-22)12-15(21)20(26)27/h3-6,14-15H,2,7-13H2,1H3,(H,26,27). The van der Waals surface area contributed by atoms with Crippen LogP contribution >= 0.6 is 0 Å². The number of hydrogen-bond donors (Lipinski definition) is 1. The number of nitrogens with zero attached hydrogens (tertiary/aromatic N) is 2. The first-order valence-electron chi connectivity index (χ1n) is 9.99. The molecule has 2 heterocycles. The second kappa shape index (κ2) is 7.11. The van der Waals surface area contributed by atoms with Gasteiger partial charge in [-0.3, -0.25) is 14.4 Å². The molecule has 0 radical (unpaired) electrons. The molecule has 28 heavy (non-hydrogen) atoms. The molecule has 7 nitrogen and oxygen atoms in total. The third-order valence-electron chi connectivity index (χ3n) is 6.49. The number of rotatable bonds is 5. The maximum atomic E-state index is 13.0. The second-order valence-electron chi connectivity index (χ2n) is 8.09. The summed E-state index contributed by atoms with van der Waals surface area (Å²) in [7, 11) is 0. The summed E-state index contributed by atoms with van der Waals surface area (Å²) in [5.74, 6) is -0.724. The Morgan fingerprint density at radius 1 is 1.25 bits per heavy atom. The molecule has 2 atom stereocenters. The number of hydrogen-bond acceptors (Lipinski definition) is 4. The van der Waals surface area contributed by atoms with E-state index >= 15 is 0 Å². The predicted molar refractivity (Wildman–Crippen MR) is 102 cm³/mol. The van der Waals surface area contributed by atoms with Crippen LogP contribution in [0, 0.1) is 17.3 Å². The van der Waals surface area contributed by atoms with E-state index in [1.54, 1.807) is 4.90 Å². The lowest BCUT2D eigenvalue weighted by molar-refractivity contribution is -0.140. The van der Waals surface area contributed by atoms with E-state index in [1.807, 2.05) is 36.1 Å². The van der Waals surface area contributed by atoms with Crippen LogP contribution in [0.4, 0.5) is 5.69 Å². The Balaban J connectivity index is 1.40. The predicted octanol–water partition coefficient (Wildman–Crippen LogP) is 2.15. The molecule has 1 aliphatic carbocycles. The van der Waals surface area contributed by atoms with Crippen LogP contribution in [0.25, 0.3) is 0 Å². The van der Waals surface area contributed by atoms with Crippen molar-refractivity contribution >= 4 is 23.5 Å². The maximum Gasteiger partial charge on any atom is 0.307 e. The molecule has 2 aliphatic heterocycles. The number of amides is 2. The van der Waals surface area contributed by atoms with Crippen LogP contribution in [0.15, 0.2) is 24.3 Å². The third kappa shape index (κ3) is 3.23. The molecule has 1 N–H and O–H groups in total. The van der Waals surface area contributed by atoms with Gasteiger partial charge in [-0.2, -0.15) is 0 Å². The number of para-hydroxylation sites is 2. The SMILES string of the molecule is CCOc1ccccc1N1CC(C(=O)N2CCC3(CC2)CC3C(=O)O)CC1=O. The Kier molecular flexibility index (Phi) is 4.77. The van der Waals surface area contributed by atoms with E-state index in [0.717, 1.165) is 19.3 Å². The van der Waals surface area contributed by atoms with Gasteiger partial charge < -0.3 is 19.6 Å². The first kappa shape index (κ1) is 18.8. The fourth-order valence-corrected chi connectivity index (χ4v) is 4.74. The molecule has 3 fully saturated rings. The number of carboxylic acids is 1. The van der Waals surface area contributed by atoms with Crippen molar-refractivity contribution in [3.8, 4) is 5.75 Å². The van der Waals surface area contributed by atoms with Crippen molar-refractivity contribution in [1.82, 2.24) is 4.90 Å². The summed E-state index contributed by atoms with van der Waals surface area (Å²) in [4.78, 5) is 40.3. The molecule has 2 unspecified atom stereocenters. The minimum atomic E-state index is -0.718. The zero-order valence-corrected chi connectivity index (χ0v) is 16.1. The van der Waals surface area contributed by atoms with Crippen molar-refractivity contribution in [2.24, 2.45) is 17.3 Å². The summed E-state index contributed by atoms with van der Waals surface area (Å²) in [6.45, 7) is 3.94. The number of benzene rings is 1. The lowest BCUT2D eigenvalue weighted by atomic mass is 9.90. The highest BCUT2D eigenvalue weighted by Gasteiger charge is 2.59. The smallest absolute Gasteiger partial charge is 0.307 e. The molecular weight excluding hydrogens is 360 g/mol. The average Bonchev–Trinajstić information content (AvgIpc) is 3.25. The van der Waals surface area contributed by atoms with Gasteiger partial charge in [0.05, 0.1) is 24.1 Å². The first-order chi connectivity index (χ1) is 13.4. The fourth-order valence-electron chi connectivity index (χ4n) is 4.74. The van der Waals surface area contributed by atoms with E-state index in [2.05, 4.69) is 0 Å². The van der Waals surface area contributed by atoms with Gasteiger partial charge in [0.15, 0.2) is 0 Å². The van der Waals surface area contributed by atoms with Crippen LogP contribution in [-0.4, -0.2) is 54.0 Å². The maximum absolute atomic E-state index is 13.0. The van der Waals surface area contributed by atoms with Crippen molar-refractivity contribution in [1.29, 1.82) is 0 Å². The monoisotopic (exact) mass is 386 g/mol. The number of ether oxygens (including phenoxy) is 1. The minimum absolute atomic E-state index is 0.00659. The van der Waals surface area contributed by atoms with Crippen LogP contribution in [0.1, 0.15) is 32.6 Å². The molecule has 1 aromatic rings. The second-order valence-corrected chi connectivity index (χ2v) is 8.09. The van der Waals surface area contributed by atoms with E-state index in [1.165, 1.54) is 0 Å². The fraction of sp³-hybridized carbons (Fsp3) is 0.571. The van der Waals surface area contributed by atoms with Gasteiger partial charge in [-0.25, -0.2) is 0 Å². The van der Waals surface area contributed by atoms with Crippen molar-refractivity contribution in [3.63, 3.8) is 0 Å². The quantitative estimate of drug-likeness (QED) is 0.838. The Labute approximate surface area is 164 Å². The highest BCUT2D eigenvalue weighted by Crippen LogP contribution is 2.59. The summed E-state index contributed by atoms with van der Waals surface area (Å²) in [6.07, 6.45) is 2.42. The Morgan fingerprint density at radius 2 is 1.96 bits per heavy atom. The highest BCUT2D eigenvalue weighted by molar-refractivity contribution is 6.01. The molecule has 0 bridgehead atoms. The van der Waals surface area contributed by atoms with Crippen molar-refractivity contribution in [2.75, 3.05) is 31.1 Å². The molecule has 1 saturated carbocycles. The van der Waals surface area contributed by atoms with Gasteiger partial charge >= 0.3 is 5.97 Å². The molecule has 0 aromatic heterocycles. The number of carboxylic acid groups (broad SMARTS) is 1. The highest BCUT2D eigenvalue weighted by atomic mass is 16.5. The number of carbonyl (C=O) groups excluding carboxylic acids is 2. The Hall–Kier alpha value is -2.57. The van der Waals surface area contributed by atoms with Gasteiger partial charge in [0, 0.05) is 26.1 Å². The van der Waals surface area contributed by atoms with E-state index in [9.17, 15) is 19.5 Å². The zero-order valence-electron chi connectivity index (χ0n) is 16.1. The average molecular weight is 386 g/mol. The molecule has 1 spiro atoms. The molecule has 2 amide bonds. The van der Waals surface area contributed by atoms with Crippen molar-refractivity contribution < 1.29 is 24.2 Å². The summed E-state index contributed by atoms with van der Waals surface area (Å²) < 4.78 is 5.63. The van der Waals surface area contributed by atoms with E-state index in [4.69, 9.17) is 4.74 Å². The number of carbonyl (C=O) groups is 3. The largest absolute Gasteiger partial charge is 0.492 e. The first-order valence-corrected chi connectivity index (χ1v) is 9.99. The van der Waals surface area contributed by atoms with Gasteiger partial charge in [0.1, 0.15) is 5.75 Å². The summed E-state index contributed by atoms with van der Waals surface area (Å²) in [5.41, 5.74) is 0.612. The van der Waals surface area contributed by atoms with Gasteiger partial charge in [-0.1, -0.05) is 12.1 Å². The van der Waals surface area contributed by atoms with Crippen LogP contribution in [0.5, 0.6) is 5.75 Å². The summed E-state index contributed by atoms with van der Waals surface area (Å²) >= 11 is 0. The van der Waals surface area contributed by atoms with Crippen LogP contribution in [0.2, 0.25) is 0 Å². The number of aliphatic carboxylic acids is 1. The topological polar surface area (TPSA) is 87.2 Å². The van der Waals surface area contributed by atoms with Gasteiger partial charge in [0.2, 0.25) is 11.8 Å². The van der Waals surface area contributed by atoms with E-state index in [0.29, 0.717) is 37.7 Å². The molecule has 4 rings (SSSR count). The molecule has 1 aromatic carbocycles. The lowest BCUT2D eigenvalue weighted by Gasteiger charge is -2.34. The summed E-state index contributed by atoms with van der Waals surface area (Å²) in [6, 6.07) is 7.40.